The highest BCUT2D eigenvalue weighted by Gasteiger charge is 2.17. The van der Waals surface area contributed by atoms with Crippen LogP contribution in [0, 0.1) is 0 Å². The molecule has 1 fully saturated rings. The summed E-state index contributed by atoms with van der Waals surface area (Å²) in [6.45, 7) is 0.719. The molecule has 1 aromatic rings. The second-order valence-corrected chi connectivity index (χ2v) is 4.81. The van der Waals surface area contributed by atoms with Crippen LogP contribution in [0.2, 0.25) is 0 Å². The van der Waals surface area contributed by atoms with E-state index in [4.69, 9.17) is 4.74 Å². The van der Waals surface area contributed by atoms with Crippen LogP contribution in [-0.4, -0.2) is 26.2 Å². The monoisotopic (exact) mass is 261 g/mol. The van der Waals surface area contributed by atoms with E-state index >= 15 is 0 Å². The number of para-hydroxylation sites is 1. The third-order valence-corrected chi connectivity index (χ3v) is 3.48. The predicted molar refractivity (Wildman–Crippen MR) is 78.6 cm³/mol. The van der Waals surface area contributed by atoms with Crippen LogP contribution in [0.15, 0.2) is 29.3 Å². The minimum Gasteiger partial charge on any atom is -0.490 e. The van der Waals surface area contributed by atoms with Crippen LogP contribution in [0.25, 0.3) is 0 Å². The Morgan fingerprint density at radius 2 is 2.05 bits per heavy atom. The summed E-state index contributed by atoms with van der Waals surface area (Å²) in [5.74, 6) is 1.78. The van der Waals surface area contributed by atoms with Crippen molar-refractivity contribution in [3.05, 3.63) is 29.8 Å². The molecule has 0 atom stereocenters. The second kappa shape index (κ2) is 7.02. The van der Waals surface area contributed by atoms with Crippen LogP contribution in [0.1, 0.15) is 31.2 Å². The molecule has 0 saturated heterocycles. The van der Waals surface area contributed by atoms with Gasteiger partial charge < -0.3 is 15.4 Å². The molecular formula is C15H23N3O. The van der Waals surface area contributed by atoms with Crippen molar-refractivity contribution in [1.82, 2.24) is 10.6 Å². The van der Waals surface area contributed by atoms with Gasteiger partial charge in [-0.15, -0.1) is 0 Å². The Hall–Kier alpha value is -1.71. The molecule has 0 unspecified atom stereocenters. The Morgan fingerprint density at radius 1 is 1.32 bits per heavy atom. The molecule has 2 N–H and O–H groups in total. The first-order valence-corrected chi connectivity index (χ1v) is 6.96. The molecule has 0 heterocycles. The smallest absolute Gasteiger partial charge is 0.190 e. The fraction of sp³-hybridized carbons (Fsp3) is 0.533. The van der Waals surface area contributed by atoms with E-state index in [-0.39, 0.29) is 0 Å². The summed E-state index contributed by atoms with van der Waals surface area (Å²) in [6, 6.07) is 8.22. The fourth-order valence-electron chi connectivity index (χ4n) is 2.41. The van der Waals surface area contributed by atoms with Crippen molar-refractivity contribution >= 4 is 5.96 Å². The lowest BCUT2D eigenvalue weighted by molar-refractivity contribution is 0.208. The van der Waals surface area contributed by atoms with Gasteiger partial charge in [-0.25, -0.2) is 0 Å². The van der Waals surface area contributed by atoms with Crippen molar-refractivity contribution < 1.29 is 4.74 Å². The number of aliphatic imine (C=N–C) groups is 1. The number of ether oxygens (including phenoxy) is 1. The summed E-state index contributed by atoms with van der Waals surface area (Å²) in [7, 11) is 3.62. The Kier molecular flexibility index (Phi) is 5.07. The molecule has 104 valence electrons. The average Bonchev–Trinajstić information content (AvgIpc) is 2.94. The van der Waals surface area contributed by atoms with Gasteiger partial charge in [0.25, 0.3) is 0 Å². The van der Waals surface area contributed by atoms with E-state index in [2.05, 4.69) is 27.8 Å². The topological polar surface area (TPSA) is 45.7 Å². The molecule has 0 amide bonds. The first-order chi connectivity index (χ1) is 9.33. The number of rotatable bonds is 4. The second-order valence-electron chi connectivity index (χ2n) is 4.81. The third kappa shape index (κ3) is 3.88. The lowest BCUT2D eigenvalue weighted by Crippen LogP contribution is -2.34. The molecule has 0 aliphatic heterocycles. The third-order valence-electron chi connectivity index (χ3n) is 3.48. The predicted octanol–water partition coefficient (Wildman–Crippen LogP) is 2.30. The SMILES string of the molecule is CN=C(NC)NCc1ccccc1OC1CCCC1. The van der Waals surface area contributed by atoms with Gasteiger partial charge in [0, 0.05) is 26.2 Å². The summed E-state index contributed by atoms with van der Waals surface area (Å²) in [6.07, 6.45) is 5.33. The van der Waals surface area contributed by atoms with Crippen molar-refractivity contribution in [3.8, 4) is 5.75 Å². The number of benzene rings is 1. The molecule has 1 aliphatic rings. The molecule has 0 aromatic heterocycles. The largest absolute Gasteiger partial charge is 0.490 e. The lowest BCUT2D eigenvalue weighted by atomic mass is 10.2. The van der Waals surface area contributed by atoms with Gasteiger partial charge in [-0.1, -0.05) is 18.2 Å². The zero-order valence-corrected chi connectivity index (χ0v) is 11.8. The van der Waals surface area contributed by atoms with E-state index in [1.165, 1.54) is 31.2 Å². The number of hydrogen-bond donors (Lipinski definition) is 2. The van der Waals surface area contributed by atoms with Gasteiger partial charge in [0.2, 0.25) is 0 Å². The van der Waals surface area contributed by atoms with Crippen LogP contribution < -0.4 is 15.4 Å². The van der Waals surface area contributed by atoms with Gasteiger partial charge in [0.1, 0.15) is 5.75 Å². The molecule has 2 rings (SSSR count). The number of guanidine groups is 1. The normalized spacial score (nSPS) is 16.4. The molecule has 0 bridgehead atoms. The van der Waals surface area contributed by atoms with E-state index in [1.807, 2.05) is 19.2 Å². The molecule has 4 heteroatoms. The van der Waals surface area contributed by atoms with Gasteiger partial charge in [-0.3, -0.25) is 4.99 Å². The van der Waals surface area contributed by atoms with Gasteiger partial charge >= 0.3 is 0 Å². The fourth-order valence-corrected chi connectivity index (χ4v) is 2.41. The Balaban J connectivity index is 1.99. The molecule has 1 aliphatic carbocycles. The molecule has 0 spiro atoms. The molecule has 1 aromatic carbocycles. The molecule has 1 saturated carbocycles. The first-order valence-electron chi connectivity index (χ1n) is 6.96. The summed E-state index contributed by atoms with van der Waals surface area (Å²) in [5, 5.41) is 6.27. The summed E-state index contributed by atoms with van der Waals surface area (Å²) in [5.41, 5.74) is 1.17. The quantitative estimate of drug-likeness (QED) is 0.646. The zero-order valence-electron chi connectivity index (χ0n) is 11.8. The molecule has 19 heavy (non-hydrogen) atoms. The van der Waals surface area contributed by atoms with Crippen molar-refractivity contribution in [2.45, 2.75) is 38.3 Å². The Bertz CT molecular complexity index is 425. The van der Waals surface area contributed by atoms with Crippen molar-refractivity contribution in [2.24, 2.45) is 4.99 Å². The molecule has 0 radical (unpaired) electrons. The van der Waals surface area contributed by atoms with Crippen LogP contribution >= 0.6 is 0 Å². The van der Waals surface area contributed by atoms with Crippen LogP contribution in [0.4, 0.5) is 0 Å². The highest BCUT2D eigenvalue weighted by atomic mass is 16.5. The maximum Gasteiger partial charge on any atom is 0.190 e. The molecule has 4 nitrogen and oxygen atoms in total. The standard InChI is InChI=1S/C15H23N3O/c1-16-15(17-2)18-11-12-7-3-6-10-14(12)19-13-8-4-5-9-13/h3,6-7,10,13H,4-5,8-9,11H2,1-2H3,(H2,16,17,18). The van der Waals surface area contributed by atoms with Crippen LogP contribution in [-0.2, 0) is 6.54 Å². The number of hydrogen-bond acceptors (Lipinski definition) is 2. The highest BCUT2D eigenvalue weighted by Crippen LogP contribution is 2.26. The van der Waals surface area contributed by atoms with Crippen LogP contribution in [0.5, 0.6) is 5.75 Å². The average molecular weight is 261 g/mol. The minimum atomic E-state index is 0.393. The summed E-state index contributed by atoms with van der Waals surface area (Å²) < 4.78 is 6.11. The highest BCUT2D eigenvalue weighted by molar-refractivity contribution is 5.79. The number of nitrogens with zero attached hydrogens (tertiary/aromatic N) is 1. The lowest BCUT2D eigenvalue weighted by Gasteiger charge is -2.17. The summed E-state index contributed by atoms with van der Waals surface area (Å²) in [4.78, 5) is 4.11. The van der Waals surface area contributed by atoms with Gasteiger partial charge in [0.15, 0.2) is 5.96 Å². The van der Waals surface area contributed by atoms with Gasteiger partial charge in [-0.2, -0.15) is 0 Å². The summed E-state index contributed by atoms with van der Waals surface area (Å²) >= 11 is 0. The van der Waals surface area contributed by atoms with E-state index in [9.17, 15) is 0 Å². The van der Waals surface area contributed by atoms with E-state index in [0.29, 0.717) is 6.10 Å². The van der Waals surface area contributed by atoms with E-state index < -0.39 is 0 Å². The van der Waals surface area contributed by atoms with Crippen molar-refractivity contribution in [1.29, 1.82) is 0 Å². The van der Waals surface area contributed by atoms with Gasteiger partial charge in [-0.05, 0) is 31.7 Å². The minimum absolute atomic E-state index is 0.393. The van der Waals surface area contributed by atoms with Crippen LogP contribution in [0.3, 0.4) is 0 Å². The number of nitrogens with one attached hydrogen (secondary N) is 2. The zero-order chi connectivity index (χ0) is 13.5. The first kappa shape index (κ1) is 13.7. The van der Waals surface area contributed by atoms with E-state index in [0.717, 1.165) is 18.3 Å². The maximum absolute atomic E-state index is 6.11. The van der Waals surface area contributed by atoms with Gasteiger partial charge in [0.05, 0.1) is 6.10 Å². The van der Waals surface area contributed by atoms with E-state index in [1.54, 1.807) is 7.05 Å². The molecular weight excluding hydrogens is 238 g/mol. The Morgan fingerprint density at radius 3 is 2.74 bits per heavy atom. The van der Waals surface area contributed by atoms with Crippen molar-refractivity contribution in [2.75, 3.05) is 14.1 Å². The van der Waals surface area contributed by atoms with Crippen molar-refractivity contribution in [3.63, 3.8) is 0 Å². The Labute approximate surface area is 115 Å². The maximum atomic E-state index is 6.11.